The number of nitrogens with one attached hydrogen (secondary N) is 1. The molecular formula is C19H26N4O. The van der Waals surface area contributed by atoms with Crippen molar-refractivity contribution in [3.05, 3.63) is 41.4 Å². The fourth-order valence-electron chi connectivity index (χ4n) is 3.69. The first kappa shape index (κ1) is 16.6. The van der Waals surface area contributed by atoms with Crippen LogP contribution in [0.4, 0.5) is 5.82 Å². The summed E-state index contributed by atoms with van der Waals surface area (Å²) in [6.45, 7) is 4.31. The van der Waals surface area contributed by atoms with Crippen LogP contribution in [0.1, 0.15) is 55.1 Å². The second-order valence-electron chi connectivity index (χ2n) is 6.69. The molecule has 24 heavy (non-hydrogen) atoms. The average Bonchev–Trinajstić information content (AvgIpc) is 3.09. The van der Waals surface area contributed by atoms with E-state index in [0.717, 1.165) is 5.56 Å². The Balaban J connectivity index is 1.71. The van der Waals surface area contributed by atoms with Crippen LogP contribution in [0.25, 0.3) is 6.08 Å². The van der Waals surface area contributed by atoms with Gasteiger partial charge in [-0.2, -0.15) is 5.10 Å². The summed E-state index contributed by atoms with van der Waals surface area (Å²) >= 11 is 0. The van der Waals surface area contributed by atoms with E-state index in [-0.39, 0.29) is 5.91 Å². The monoisotopic (exact) mass is 326 g/mol. The Kier molecular flexibility index (Phi) is 4.88. The number of carbonyl (C=O) groups is 1. The molecule has 1 saturated carbocycles. The summed E-state index contributed by atoms with van der Waals surface area (Å²) in [6, 6.07) is 4.57. The molecule has 0 aliphatic heterocycles. The van der Waals surface area contributed by atoms with Crippen molar-refractivity contribution in [2.24, 2.45) is 7.05 Å². The summed E-state index contributed by atoms with van der Waals surface area (Å²) < 4.78 is 4.12. The predicted molar refractivity (Wildman–Crippen MR) is 96.9 cm³/mol. The zero-order valence-electron chi connectivity index (χ0n) is 14.7. The summed E-state index contributed by atoms with van der Waals surface area (Å²) in [4.78, 5) is 12.0. The Bertz CT molecular complexity index is 748. The number of anilines is 1. The van der Waals surface area contributed by atoms with Gasteiger partial charge in [-0.1, -0.05) is 19.3 Å². The first-order chi connectivity index (χ1) is 11.5. The van der Waals surface area contributed by atoms with Crippen molar-refractivity contribution in [1.29, 1.82) is 0 Å². The Morgan fingerprint density at radius 3 is 2.71 bits per heavy atom. The van der Waals surface area contributed by atoms with E-state index in [0.29, 0.717) is 11.9 Å². The maximum atomic E-state index is 12.0. The van der Waals surface area contributed by atoms with Crippen LogP contribution in [0.2, 0.25) is 0 Å². The van der Waals surface area contributed by atoms with E-state index in [9.17, 15) is 4.79 Å². The molecule has 0 atom stereocenters. The second-order valence-corrected chi connectivity index (χ2v) is 6.69. The lowest BCUT2D eigenvalue weighted by Crippen LogP contribution is -2.15. The van der Waals surface area contributed by atoms with Crippen molar-refractivity contribution in [2.45, 2.75) is 52.0 Å². The van der Waals surface area contributed by atoms with Crippen LogP contribution in [-0.2, 0) is 11.8 Å². The Morgan fingerprint density at radius 2 is 2.04 bits per heavy atom. The Morgan fingerprint density at radius 1 is 1.29 bits per heavy atom. The van der Waals surface area contributed by atoms with Crippen molar-refractivity contribution >= 4 is 17.8 Å². The van der Waals surface area contributed by atoms with Gasteiger partial charge in [-0.3, -0.25) is 9.48 Å². The minimum absolute atomic E-state index is 0.156. The highest BCUT2D eigenvalue weighted by atomic mass is 16.1. The molecule has 0 radical (unpaired) electrons. The number of aromatic nitrogens is 3. The van der Waals surface area contributed by atoms with Gasteiger partial charge in [0.1, 0.15) is 0 Å². The fourth-order valence-corrected chi connectivity index (χ4v) is 3.69. The minimum atomic E-state index is -0.156. The SMILES string of the molecule is Cc1cc(/C=C/C(=O)Nc2ccn(C)n2)c(C)n1C1CCCCC1. The lowest BCUT2D eigenvalue weighted by molar-refractivity contribution is -0.111. The lowest BCUT2D eigenvalue weighted by Gasteiger charge is -2.26. The highest BCUT2D eigenvalue weighted by Crippen LogP contribution is 2.32. The molecule has 3 rings (SSSR count). The smallest absolute Gasteiger partial charge is 0.249 e. The van der Waals surface area contributed by atoms with E-state index in [1.165, 1.54) is 43.5 Å². The molecule has 1 aliphatic carbocycles. The zero-order valence-corrected chi connectivity index (χ0v) is 14.7. The summed E-state index contributed by atoms with van der Waals surface area (Å²) in [5.74, 6) is 0.413. The number of hydrogen-bond donors (Lipinski definition) is 1. The first-order valence-corrected chi connectivity index (χ1v) is 8.72. The van der Waals surface area contributed by atoms with Crippen molar-refractivity contribution in [3.8, 4) is 0 Å². The minimum Gasteiger partial charge on any atom is -0.346 e. The number of carbonyl (C=O) groups excluding carboxylic acids is 1. The van der Waals surface area contributed by atoms with Crippen LogP contribution < -0.4 is 5.32 Å². The number of aryl methyl sites for hydroxylation is 2. The number of rotatable bonds is 4. The van der Waals surface area contributed by atoms with Gasteiger partial charge in [0.2, 0.25) is 5.91 Å². The van der Waals surface area contributed by atoms with Crippen LogP contribution in [0, 0.1) is 13.8 Å². The van der Waals surface area contributed by atoms with Gasteiger partial charge in [-0.05, 0) is 44.4 Å². The molecule has 2 heterocycles. The van der Waals surface area contributed by atoms with E-state index in [1.54, 1.807) is 23.0 Å². The summed E-state index contributed by atoms with van der Waals surface area (Å²) in [7, 11) is 1.83. The van der Waals surface area contributed by atoms with Gasteiger partial charge >= 0.3 is 0 Å². The molecule has 128 valence electrons. The molecule has 0 bridgehead atoms. The molecular weight excluding hydrogens is 300 g/mol. The molecule has 5 nitrogen and oxygen atoms in total. The Hall–Kier alpha value is -2.30. The van der Waals surface area contributed by atoms with Crippen molar-refractivity contribution in [3.63, 3.8) is 0 Å². The number of hydrogen-bond acceptors (Lipinski definition) is 2. The van der Waals surface area contributed by atoms with Gasteiger partial charge in [0.15, 0.2) is 5.82 Å². The molecule has 2 aromatic rings. The number of amides is 1. The normalized spacial score (nSPS) is 16.0. The third kappa shape index (κ3) is 3.61. The van der Waals surface area contributed by atoms with Gasteiger partial charge in [-0.25, -0.2) is 0 Å². The molecule has 2 aromatic heterocycles. The zero-order chi connectivity index (χ0) is 17.1. The van der Waals surface area contributed by atoms with Crippen molar-refractivity contribution < 1.29 is 4.79 Å². The third-order valence-corrected chi connectivity index (χ3v) is 4.84. The first-order valence-electron chi connectivity index (χ1n) is 8.72. The maximum Gasteiger partial charge on any atom is 0.249 e. The predicted octanol–water partition coefficient (Wildman–Crippen LogP) is 4.00. The molecule has 0 spiro atoms. The van der Waals surface area contributed by atoms with Crippen LogP contribution in [0.3, 0.4) is 0 Å². The largest absolute Gasteiger partial charge is 0.346 e. The Labute approximate surface area is 143 Å². The maximum absolute atomic E-state index is 12.0. The summed E-state index contributed by atoms with van der Waals surface area (Å²) in [6.07, 6.45) is 11.8. The molecule has 1 fully saturated rings. The van der Waals surface area contributed by atoms with Crippen LogP contribution in [0.15, 0.2) is 24.4 Å². The fraction of sp³-hybridized carbons (Fsp3) is 0.474. The lowest BCUT2D eigenvalue weighted by atomic mass is 9.95. The highest BCUT2D eigenvalue weighted by molar-refractivity contribution is 6.01. The van der Waals surface area contributed by atoms with E-state index in [2.05, 4.69) is 34.9 Å². The molecule has 0 saturated heterocycles. The van der Waals surface area contributed by atoms with Gasteiger partial charge < -0.3 is 9.88 Å². The van der Waals surface area contributed by atoms with Crippen LogP contribution in [-0.4, -0.2) is 20.3 Å². The van der Waals surface area contributed by atoms with Crippen LogP contribution in [0.5, 0.6) is 0 Å². The molecule has 0 aromatic carbocycles. The topological polar surface area (TPSA) is 51.9 Å². The third-order valence-electron chi connectivity index (χ3n) is 4.84. The van der Waals surface area contributed by atoms with Gasteiger partial charge in [-0.15, -0.1) is 0 Å². The van der Waals surface area contributed by atoms with Crippen molar-refractivity contribution in [2.75, 3.05) is 5.32 Å². The second kappa shape index (κ2) is 7.07. The number of nitrogens with zero attached hydrogens (tertiary/aromatic N) is 3. The molecule has 1 N–H and O–H groups in total. The standard InChI is InChI=1S/C19H26N4O/c1-14-13-16(15(2)23(14)17-7-5-4-6-8-17)9-10-19(24)20-18-11-12-22(3)21-18/h9-13,17H,4-8H2,1-3H3,(H,20,21,24)/b10-9+. The van der Waals surface area contributed by atoms with E-state index in [1.807, 2.05) is 13.1 Å². The van der Waals surface area contributed by atoms with Crippen molar-refractivity contribution in [1.82, 2.24) is 14.3 Å². The van der Waals surface area contributed by atoms with Gasteiger partial charge in [0.25, 0.3) is 0 Å². The molecule has 0 unspecified atom stereocenters. The van der Waals surface area contributed by atoms with E-state index < -0.39 is 0 Å². The van der Waals surface area contributed by atoms with Gasteiger partial charge in [0.05, 0.1) is 0 Å². The highest BCUT2D eigenvalue weighted by Gasteiger charge is 2.19. The quantitative estimate of drug-likeness (QED) is 0.864. The summed E-state index contributed by atoms with van der Waals surface area (Å²) in [5, 5.41) is 6.92. The van der Waals surface area contributed by atoms with Crippen LogP contribution >= 0.6 is 0 Å². The molecule has 1 amide bonds. The average molecular weight is 326 g/mol. The molecule has 1 aliphatic rings. The van der Waals surface area contributed by atoms with E-state index >= 15 is 0 Å². The van der Waals surface area contributed by atoms with Gasteiger partial charge in [0, 0.05) is 42.8 Å². The van der Waals surface area contributed by atoms with E-state index in [4.69, 9.17) is 0 Å². The molecule has 5 heteroatoms. The summed E-state index contributed by atoms with van der Waals surface area (Å²) in [5.41, 5.74) is 3.65.